The zero-order chi connectivity index (χ0) is 17.6. The summed E-state index contributed by atoms with van der Waals surface area (Å²) in [6, 6.07) is 13.4. The Kier molecular flexibility index (Phi) is 5.80. The lowest BCUT2D eigenvalue weighted by Crippen LogP contribution is -2.11. The number of hydrogen-bond donors (Lipinski definition) is 1. The third kappa shape index (κ3) is 4.48. The standard InChI is InChI=1S/C21H25NO2/c1-5-6-14-24-19-13-8-7-12-18(19)22-15-16-10-9-11-17(20(16)23)21(2,3)4/h5,7-13,15,23H,1,6,14H2,2-4H3. The fourth-order valence-electron chi connectivity index (χ4n) is 2.35. The van der Waals surface area contributed by atoms with E-state index in [1.807, 2.05) is 48.5 Å². The molecule has 2 aromatic carbocycles. The summed E-state index contributed by atoms with van der Waals surface area (Å²) in [5.74, 6) is 1.00. The van der Waals surface area contributed by atoms with Crippen LogP contribution in [0.25, 0.3) is 0 Å². The molecular formula is C21H25NO2. The number of phenolic OH excluding ortho intramolecular Hbond substituents is 1. The smallest absolute Gasteiger partial charge is 0.144 e. The zero-order valence-corrected chi connectivity index (χ0v) is 14.6. The van der Waals surface area contributed by atoms with Crippen molar-refractivity contribution in [1.82, 2.24) is 0 Å². The van der Waals surface area contributed by atoms with E-state index in [0.29, 0.717) is 12.2 Å². The molecule has 0 unspecified atom stereocenters. The monoisotopic (exact) mass is 323 g/mol. The van der Waals surface area contributed by atoms with Gasteiger partial charge >= 0.3 is 0 Å². The number of rotatable bonds is 6. The Hall–Kier alpha value is -2.55. The summed E-state index contributed by atoms with van der Waals surface area (Å²) in [5.41, 5.74) is 2.21. The first-order valence-electron chi connectivity index (χ1n) is 8.12. The molecule has 0 aliphatic rings. The van der Waals surface area contributed by atoms with E-state index in [1.54, 1.807) is 6.21 Å². The lowest BCUT2D eigenvalue weighted by Gasteiger charge is -2.21. The molecule has 0 amide bonds. The SMILES string of the molecule is C=CCCOc1ccccc1N=Cc1cccc(C(C)(C)C)c1O. The van der Waals surface area contributed by atoms with Crippen LogP contribution in [0.1, 0.15) is 38.3 Å². The summed E-state index contributed by atoms with van der Waals surface area (Å²) in [4.78, 5) is 4.50. The maximum atomic E-state index is 10.5. The van der Waals surface area contributed by atoms with Crippen molar-refractivity contribution in [2.45, 2.75) is 32.6 Å². The number of para-hydroxylation sites is 3. The van der Waals surface area contributed by atoms with Crippen LogP contribution in [0, 0.1) is 0 Å². The summed E-state index contributed by atoms with van der Waals surface area (Å²) in [6.45, 7) is 10.5. The summed E-state index contributed by atoms with van der Waals surface area (Å²) < 4.78 is 5.73. The van der Waals surface area contributed by atoms with Gasteiger partial charge in [-0.3, -0.25) is 4.99 Å². The zero-order valence-electron chi connectivity index (χ0n) is 14.6. The lowest BCUT2D eigenvalue weighted by molar-refractivity contribution is 0.326. The van der Waals surface area contributed by atoms with E-state index in [1.165, 1.54) is 0 Å². The molecule has 3 heteroatoms. The molecule has 126 valence electrons. The molecule has 3 nitrogen and oxygen atoms in total. The van der Waals surface area contributed by atoms with Gasteiger partial charge in [0.1, 0.15) is 17.2 Å². The molecule has 2 rings (SSSR count). The van der Waals surface area contributed by atoms with Crippen molar-refractivity contribution < 1.29 is 9.84 Å². The van der Waals surface area contributed by atoms with E-state index >= 15 is 0 Å². The minimum Gasteiger partial charge on any atom is -0.507 e. The van der Waals surface area contributed by atoms with Crippen molar-refractivity contribution in [2.24, 2.45) is 4.99 Å². The van der Waals surface area contributed by atoms with Crippen LogP contribution in [0.5, 0.6) is 11.5 Å². The van der Waals surface area contributed by atoms with E-state index in [-0.39, 0.29) is 11.2 Å². The highest BCUT2D eigenvalue weighted by molar-refractivity contribution is 5.86. The molecule has 0 aliphatic heterocycles. The predicted octanol–water partition coefficient (Wildman–Crippen LogP) is 5.40. The number of hydrogen-bond acceptors (Lipinski definition) is 3. The average molecular weight is 323 g/mol. The number of benzene rings is 2. The molecule has 0 aromatic heterocycles. The van der Waals surface area contributed by atoms with Crippen molar-refractivity contribution in [2.75, 3.05) is 6.61 Å². The quantitative estimate of drug-likeness (QED) is 0.439. The summed E-state index contributed by atoms with van der Waals surface area (Å²) >= 11 is 0. The van der Waals surface area contributed by atoms with Gasteiger partial charge in [0, 0.05) is 11.8 Å². The average Bonchev–Trinajstić information content (AvgIpc) is 2.54. The number of aromatic hydroxyl groups is 1. The van der Waals surface area contributed by atoms with Crippen molar-refractivity contribution in [3.8, 4) is 11.5 Å². The first-order chi connectivity index (χ1) is 11.4. The molecule has 0 spiro atoms. The molecule has 2 aromatic rings. The van der Waals surface area contributed by atoms with E-state index in [4.69, 9.17) is 4.74 Å². The fraction of sp³-hybridized carbons (Fsp3) is 0.286. The molecule has 0 atom stereocenters. The van der Waals surface area contributed by atoms with Crippen LogP contribution in [0.15, 0.2) is 60.1 Å². The van der Waals surface area contributed by atoms with E-state index < -0.39 is 0 Å². The van der Waals surface area contributed by atoms with E-state index in [2.05, 4.69) is 32.3 Å². The molecular weight excluding hydrogens is 298 g/mol. The first kappa shape index (κ1) is 17.8. The van der Waals surface area contributed by atoms with Crippen molar-refractivity contribution in [3.05, 3.63) is 66.2 Å². The van der Waals surface area contributed by atoms with Crippen LogP contribution >= 0.6 is 0 Å². The predicted molar refractivity (Wildman–Crippen MR) is 101 cm³/mol. The second-order valence-electron chi connectivity index (χ2n) is 6.65. The molecule has 0 fully saturated rings. The summed E-state index contributed by atoms with van der Waals surface area (Å²) in [5, 5.41) is 10.5. The normalized spacial score (nSPS) is 11.6. The maximum absolute atomic E-state index is 10.5. The van der Waals surface area contributed by atoms with Crippen LogP contribution in [-0.2, 0) is 5.41 Å². The Morgan fingerprint density at radius 2 is 1.88 bits per heavy atom. The van der Waals surface area contributed by atoms with Gasteiger partial charge in [0.15, 0.2) is 0 Å². The molecule has 0 saturated heterocycles. The van der Waals surface area contributed by atoms with Crippen LogP contribution in [0.2, 0.25) is 0 Å². The molecule has 0 saturated carbocycles. The Morgan fingerprint density at radius 3 is 2.58 bits per heavy atom. The van der Waals surface area contributed by atoms with Gasteiger partial charge in [-0.05, 0) is 35.6 Å². The second kappa shape index (κ2) is 7.82. The van der Waals surface area contributed by atoms with Gasteiger partial charge < -0.3 is 9.84 Å². The fourth-order valence-corrected chi connectivity index (χ4v) is 2.35. The number of phenols is 1. The van der Waals surface area contributed by atoms with Gasteiger partial charge in [0.2, 0.25) is 0 Å². The minimum absolute atomic E-state index is 0.125. The van der Waals surface area contributed by atoms with Gasteiger partial charge in [0.05, 0.1) is 6.61 Å². The summed E-state index contributed by atoms with van der Waals surface area (Å²) in [7, 11) is 0. The highest BCUT2D eigenvalue weighted by atomic mass is 16.5. The lowest BCUT2D eigenvalue weighted by atomic mass is 9.85. The van der Waals surface area contributed by atoms with Crippen molar-refractivity contribution in [1.29, 1.82) is 0 Å². The van der Waals surface area contributed by atoms with Gasteiger partial charge in [-0.1, -0.05) is 51.1 Å². The Bertz CT molecular complexity index is 727. The molecule has 24 heavy (non-hydrogen) atoms. The Labute approximate surface area is 144 Å². The van der Waals surface area contributed by atoms with Gasteiger partial charge in [0.25, 0.3) is 0 Å². The second-order valence-corrected chi connectivity index (χ2v) is 6.65. The summed E-state index contributed by atoms with van der Waals surface area (Å²) in [6.07, 6.45) is 4.29. The number of nitrogens with zero attached hydrogens (tertiary/aromatic N) is 1. The Morgan fingerprint density at radius 1 is 1.12 bits per heavy atom. The van der Waals surface area contributed by atoms with Crippen LogP contribution < -0.4 is 4.74 Å². The topological polar surface area (TPSA) is 41.8 Å². The Balaban J connectivity index is 2.27. The maximum Gasteiger partial charge on any atom is 0.144 e. The number of ether oxygens (including phenoxy) is 1. The van der Waals surface area contributed by atoms with E-state index in [9.17, 15) is 5.11 Å². The molecule has 0 aliphatic carbocycles. The third-order valence-corrected chi connectivity index (χ3v) is 3.66. The van der Waals surface area contributed by atoms with Crippen molar-refractivity contribution >= 4 is 11.9 Å². The molecule has 1 N–H and O–H groups in total. The largest absolute Gasteiger partial charge is 0.507 e. The van der Waals surface area contributed by atoms with Gasteiger partial charge in [-0.25, -0.2) is 0 Å². The molecule has 0 bridgehead atoms. The highest BCUT2D eigenvalue weighted by Gasteiger charge is 2.19. The van der Waals surface area contributed by atoms with Crippen LogP contribution in [0.3, 0.4) is 0 Å². The highest BCUT2D eigenvalue weighted by Crippen LogP contribution is 2.33. The van der Waals surface area contributed by atoms with E-state index in [0.717, 1.165) is 23.4 Å². The van der Waals surface area contributed by atoms with Gasteiger partial charge in [-0.2, -0.15) is 0 Å². The number of aliphatic imine (C=N–C) groups is 1. The molecule has 0 radical (unpaired) electrons. The van der Waals surface area contributed by atoms with Gasteiger partial charge in [-0.15, -0.1) is 6.58 Å². The molecule has 0 heterocycles. The van der Waals surface area contributed by atoms with Crippen molar-refractivity contribution in [3.63, 3.8) is 0 Å². The minimum atomic E-state index is -0.125. The van der Waals surface area contributed by atoms with Crippen LogP contribution in [0.4, 0.5) is 5.69 Å². The van der Waals surface area contributed by atoms with Crippen LogP contribution in [-0.4, -0.2) is 17.9 Å². The third-order valence-electron chi connectivity index (χ3n) is 3.66. The first-order valence-corrected chi connectivity index (χ1v) is 8.12.